The van der Waals surface area contributed by atoms with E-state index in [4.69, 9.17) is 21.1 Å². The smallest absolute Gasteiger partial charge is 0.339 e. The van der Waals surface area contributed by atoms with E-state index in [0.717, 1.165) is 0 Å². The molecular formula is C13H15ClO4. The second-order valence-electron chi connectivity index (χ2n) is 3.71. The van der Waals surface area contributed by atoms with Gasteiger partial charge >= 0.3 is 11.9 Å². The van der Waals surface area contributed by atoms with Gasteiger partial charge < -0.3 is 9.47 Å². The summed E-state index contributed by atoms with van der Waals surface area (Å²) in [7, 11) is 2.55. The van der Waals surface area contributed by atoms with Crippen molar-refractivity contribution in [3.63, 3.8) is 0 Å². The van der Waals surface area contributed by atoms with E-state index in [1.165, 1.54) is 14.2 Å². The maximum absolute atomic E-state index is 11.8. The van der Waals surface area contributed by atoms with E-state index in [-0.39, 0.29) is 11.1 Å². The van der Waals surface area contributed by atoms with E-state index in [1.54, 1.807) is 19.1 Å². The van der Waals surface area contributed by atoms with Crippen molar-refractivity contribution in [2.45, 2.75) is 13.3 Å². The van der Waals surface area contributed by atoms with Crippen LogP contribution in [0.1, 0.15) is 31.8 Å². The lowest BCUT2D eigenvalue weighted by Gasteiger charge is -2.13. The summed E-state index contributed by atoms with van der Waals surface area (Å²) in [5.41, 5.74) is 1.83. The Kier molecular flexibility index (Phi) is 5.16. The van der Waals surface area contributed by atoms with Gasteiger partial charge in [-0.2, -0.15) is 0 Å². The molecule has 0 unspecified atom stereocenters. The molecule has 18 heavy (non-hydrogen) atoms. The number of aryl methyl sites for hydroxylation is 2. The van der Waals surface area contributed by atoms with E-state index in [9.17, 15) is 9.59 Å². The van der Waals surface area contributed by atoms with Gasteiger partial charge in [0, 0.05) is 5.88 Å². The lowest BCUT2D eigenvalue weighted by atomic mass is 9.95. The maximum atomic E-state index is 11.8. The molecule has 1 aromatic rings. The Morgan fingerprint density at radius 1 is 1.11 bits per heavy atom. The first kappa shape index (κ1) is 14.5. The van der Waals surface area contributed by atoms with E-state index in [1.807, 2.05) is 0 Å². The van der Waals surface area contributed by atoms with Gasteiger partial charge in [-0.3, -0.25) is 0 Å². The van der Waals surface area contributed by atoms with E-state index in [0.29, 0.717) is 23.4 Å². The van der Waals surface area contributed by atoms with Gasteiger partial charge in [-0.25, -0.2) is 9.59 Å². The van der Waals surface area contributed by atoms with Gasteiger partial charge in [-0.15, -0.1) is 11.6 Å². The van der Waals surface area contributed by atoms with Crippen molar-refractivity contribution in [1.29, 1.82) is 0 Å². The molecule has 1 aromatic carbocycles. The van der Waals surface area contributed by atoms with Gasteiger partial charge in [0.05, 0.1) is 25.3 Å². The molecule has 0 saturated heterocycles. The van der Waals surface area contributed by atoms with E-state index < -0.39 is 11.9 Å². The summed E-state index contributed by atoms with van der Waals surface area (Å²) in [6, 6.07) is 3.54. The number of esters is 2. The molecule has 98 valence electrons. The highest BCUT2D eigenvalue weighted by Gasteiger charge is 2.23. The first-order valence-electron chi connectivity index (χ1n) is 5.41. The number of methoxy groups -OCH3 is 2. The first-order valence-corrected chi connectivity index (χ1v) is 5.95. The second kappa shape index (κ2) is 6.40. The number of hydrogen-bond acceptors (Lipinski definition) is 4. The number of carbonyl (C=O) groups excluding carboxylic acids is 2. The predicted molar refractivity (Wildman–Crippen MR) is 68.3 cm³/mol. The fourth-order valence-corrected chi connectivity index (χ4v) is 1.96. The minimum atomic E-state index is -0.556. The largest absolute Gasteiger partial charge is 0.465 e. The molecule has 0 saturated carbocycles. The molecule has 4 nitrogen and oxygen atoms in total. The molecule has 0 aromatic heterocycles. The van der Waals surface area contributed by atoms with Gasteiger partial charge in [0.25, 0.3) is 0 Å². The third kappa shape index (κ3) is 2.82. The molecule has 0 radical (unpaired) electrons. The minimum Gasteiger partial charge on any atom is -0.465 e. The van der Waals surface area contributed by atoms with Gasteiger partial charge in [-0.05, 0) is 24.5 Å². The Bertz CT molecular complexity index is 468. The molecule has 5 heteroatoms. The third-order valence-corrected chi connectivity index (χ3v) is 2.83. The number of rotatable bonds is 4. The first-order chi connectivity index (χ1) is 8.56. The molecule has 0 amide bonds. The van der Waals surface area contributed by atoms with Crippen molar-refractivity contribution >= 4 is 23.5 Å². The minimum absolute atomic E-state index is 0.241. The number of benzene rings is 1. The monoisotopic (exact) mass is 270 g/mol. The Labute approximate surface area is 111 Å². The summed E-state index contributed by atoms with van der Waals surface area (Å²) < 4.78 is 9.43. The number of alkyl halides is 1. The number of ether oxygens (including phenoxy) is 2. The van der Waals surface area contributed by atoms with Crippen LogP contribution in [0.5, 0.6) is 0 Å². The van der Waals surface area contributed by atoms with Crippen LogP contribution in [0.3, 0.4) is 0 Å². The van der Waals surface area contributed by atoms with Gasteiger partial charge in [-0.1, -0.05) is 12.1 Å². The average Bonchev–Trinajstić information content (AvgIpc) is 2.38. The van der Waals surface area contributed by atoms with Crippen molar-refractivity contribution < 1.29 is 19.1 Å². The molecule has 0 aliphatic rings. The van der Waals surface area contributed by atoms with Crippen LogP contribution in [0.15, 0.2) is 12.1 Å². The number of halogens is 1. The van der Waals surface area contributed by atoms with Crippen molar-refractivity contribution in [1.82, 2.24) is 0 Å². The second-order valence-corrected chi connectivity index (χ2v) is 4.09. The fourth-order valence-electron chi connectivity index (χ4n) is 1.76. The molecule has 0 aliphatic heterocycles. The zero-order valence-corrected chi connectivity index (χ0v) is 11.3. The maximum Gasteiger partial charge on any atom is 0.339 e. The van der Waals surface area contributed by atoms with E-state index >= 15 is 0 Å². The standard InChI is InChI=1S/C13H15ClO4/c1-8-4-5-9(6-7-14)11(13(16)18-3)10(8)12(15)17-2/h4-5H,6-7H2,1-3H3. The molecule has 0 N–H and O–H groups in total. The molecule has 0 aliphatic carbocycles. The summed E-state index contributed by atoms with van der Waals surface area (Å²) in [4.78, 5) is 23.6. The lowest BCUT2D eigenvalue weighted by Crippen LogP contribution is -2.16. The van der Waals surface area contributed by atoms with Crippen molar-refractivity contribution in [2.24, 2.45) is 0 Å². The molecular weight excluding hydrogens is 256 g/mol. The fraction of sp³-hybridized carbons (Fsp3) is 0.385. The van der Waals surface area contributed by atoms with Crippen LogP contribution in [0.25, 0.3) is 0 Å². The zero-order valence-electron chi connectivity index (χ0n) is 10.6. The highest BCUT2D eigenvalue weighted by atomic mass is 35.5. The predicted octanol–water partition coefficient (Wildman–Crippen LogP) is 2.35. The number of carbonyl (C=O) groups is 2. The van der Waals surface area contributed by atoms with Crippen LogP contribution < -0.4 is 0 Å². The molecule has 0 heterocycles. The Morgan fingerprint density at radius 2 is 1.67 bits per heavy atom. The summed E-state index contributed by atoms with van der Waals surface area (Å²) in [6.07, 6.45) is 0.482. The summed E-state index contributed by atoms with van der Waals surface area (Å²) >= 11 is 5.69. The van der Waals surface area contributed by atoms with Crippen LogP contribution in [-0.2, 0) is 15.9 Å². The summed E-state index contributed by atoms with van der Waals surface area (Å²) in [5, 5.41) is 0. The van der Waals surface area contributed by atoms with Crippen LogP contribution in [0, 0.1) is 6.92 Å². The molecule has 0 bridgehead atoms. The topological polar surface area (TPSA) is 52.6 Å². The molecule has 0 fully saturated rings. The summed E-state index contributed by atoms with van der Waals surface area (Å²) in [6.45, 7) is 1.74. The van der Waals surface area contributed by atoms with Crippen molar-refractivity contribution in [2.75, 3.05) is 20.1 Å². The normalized spacial score (nSPS) is 10.0. The van der Waals surface area contributed by atoms with Gasteiger partial charge in [0.1, 0.15) is 0 Å². The zero-order chi connectivity index (χ0) is 13.7. The van der Waals surface area contributed by atoms with Crippen molar-refractivity contribution in [3.05, 3.63) is 34.4 Å². The Morgan fingerprint density at radius 3 is 2.17 bits per heavy atom. The van der Waals surface area contributed by atoms with Gasteiger partial charge in [0.2, 0.25) is 0 Å². The highest BCUT2D eigenvalue weighted by molar-refractivity contribution is 6.18. The van der Waals surface area contributed by atoms with Crippen LogP contribution in [0.2, 0.25) is 0 Å². The van der Waals surface area contributed by atoms with E-state index in [2.05, 4.69) is 0 Å². The third-order valence-electron chi connectivity index (χ3n) is 2.64. The Hall–Kier alpha value is -1.55. The molecule has 0 atom stereocenters. The molecule has 1 rings (SSSR count). The number of hydrogen-bond donors (Lipinski definition) is 0. The SMILES string of the molecule is COC(=O)c1c(C)ccc(CCCl)c1C(=O)OC. The quantitative estimate of drug-likeness (QED) is 0.622. The van der Waals surface area contributed by atoms with Gasteiger partial charge in [0.15, 0.2) is 0 Å². The molecule has 0 spiro atoms. The lowest BCUT2D eigenvalue weighted by molar-refractivity contribution is 0.0553. The summed E-state index contributed by atoms with van der Waals surface area (Å²) in [5.74, 6) is -0.753. The van der Waals surface area contributed by atoms with Crippen molar-refractivity contribution in [3.8, 4) is 0 Å². The van der Waals surface area contributed by atoms with Crippen LogP contribution >= 0.6 is 11.6 Å². The highest BCUT2D eigenvalue weighted by Crippen LogP contribution is 2.22. The van der Waals surface area contributed by atoms with Crippen LogP contribution in [0.4, 0.5) is 0 Å². The van der Waals surface area contributed by atoms with Crippen LogP contribution in [-0.4, -0.2) is 32.0 Å². The average molecular weight is 271 g/mol. The Balaban J connectivity index is 3.49.